The van der Waals surface area contributed by atoms with Gasteiger partial charge < -0.3 is 9.72 Å². The summed E-state index contributed by atoms with van der Waals surface area (Å²) in [6.07, 6.45) is 1.61. The van der Waals surface area contributed by atoms with Crippen molar-refractivity contribution < 1.29 is 14.3 Å². The molecule has 0 spiro atoms. The Hall–Kier alpha value is -3.22. The average molecular weight is 325 g/mol. The van der Waals surface area contributed by atoms with Crippen LogP contribution in [-0.2, 0) is 11.3 Å². The molecule has 0 aliphatic heterocycles. The fourth-order valence-electron chi connectivity index (χ4n) is 2.38. The summed E-state index contributed by atoms with van der Waals surface area (Å²) >= 11 is 0. The topological polar surface area (TPSA) is 94.1 Å². The van der Waals surface area contributed by atoms with Crippen molar-refractivity contribution in [1.82, 2.24) is 14.8 Å². The van der Waals surface area contributed by atoms with Gasteiger partial charge in [-0.15, -0.1) is 0 Å². The smallest absolute Gasteiger partial charge is 0.359 e. The number of nitrogens with one attached hydrogen (secondary N) is 1. The first kappa shape index (κ1) is 15.7. The number of rotatable bonds is 5. The van der Waals surface area contributed by atoms with Crippen LogP contribution in [0.4, 0.5) is 0 Å². The number of nitrogens with zero attached hydrogens (tertiary/aromatic N) is 2. The molecule has 7 nitrogen and oxygen atoms in total. The number of fused-ring (bicyclic) bond motifs is 1. The number of carbonyl (C=O) groups excluding carboxylic acids is 2. The van der Waals surface area contributed by atoms with Crippen molar-refractivity contribution in [3.63, 3.8) is 0 Å². The SMILES string of the molecule is CCn1nc(C(=O)OCC(=O)c2ccc[nH]2)c2ccccc2c1=O. The van der Waals surface area contributed by atoms with Crippen LogP contribution in [0, 0.1) is 0 Å². The summed E-state index contributed by atoms with van der Waals surface area (Å²) < 4.78 is 6.27. The minimum atomic E-state index is -0.742. The highest BCUT2D eigenvalue weighted by Crippen LogP contribution is 2.14. The normalized spacial score (nSPS) is 10.7. The summed E-state index contributed by atoms with van der Waals surface area (Å²) in [6, 6.07) is 9.97. The molecule has 3 rings (SSSR count). The molecule has 0 fully saturated rings. The van der Waals surface area contributed by atoms with Crippen LogP contribution in [0.15, 0.2) is 47.4 Å². The van der Waals surface area contributed by atoms with Crippen LogP contribution < -0.4 is 5.56 Å². The predicted octanol–water partition coefficient (Wildman–Crippen LogP) is 1.78. The highest BCUT2D eigenvalue weighted by molar-refractivity contribution is 6.03. The number of aromatic nitrogens is 3. The Balaban J connectivity index is 1.91. The number of aromatic amines is 1. The Morgan fingerprint density at radius 3 is 2.58 bits per heavy atom. The van der Waals surface area contributed by atoms with Gasteiger partial charge in [0, 0.05) is 18.1 Å². The molecule has 0 atom stereocenters. The van der Waals surface area contributed by atoms with E-state index in [0.717, 1.165) is 0 Å². The van der Waals surface area contributed by atoms with Gasteiger partial charge in [0.1, 0.15) is 0 Å². The number of carbonyl (C=O) groups is 2. The van der Waals surface area contributed by atoms with E-state index < -0.39 is 12.6 Å². The van der Waals surface area contributed by atoms with Gasteiger partial charge in [-0.25, -0.2) is 9.48 Å². The maximum absolute atomic E-state index is 12.3. The molecule has 0 saturated carbocycles. The number of Topliss-reactive ketones (excluding diaryl/α,β-unsaturated/α-hetero) is 1. The van der Waals surface area contributed by atoms with Crippen molar-refractivity contribution in [3.05, 3.63) is 64.3 Å². The first-order chi connectivity index (χ1) is 11.6. The minimum Gasteiger partial charge on any atom is -0.452 e. The van der Waals surface area contributed by atoms with E-state index in [2.05, 4.69) is 10.1 Å². The zero-order valence-electron chi connectivity index (χ0n) is 13.0. The third kappa shape index (κ3) is 2.83. The summed E-state index contributed by atoms with van der Waals surface area (Å²) in [4.78, 5) is 39.2. The number of esters is 1. The summed E-state index contributed by atoms with van der Waals surface area (Å²) in [5.74, 6) is -1.09. The van der Waals surface area contributed by atoms with E-state index in [4.69, 9.17) is 4.74 Å². The summed E-state index contributed by atoms with van der Waals surface area (Å²) in [5.41, 5.74) is 0.109. The zero-order valence-corrected chi connectivity index (χ0v) is 13.0. The lowest BCUT2D eigenvalue weighted by atomic mass is 10.1. The number of hydrogen-bond acceptors (Lipinski definition) is 5. The quantitative estimate of drug-likeness (QED) is 0.570. The fraction of sp³-hybridized carbons (Fsp3) is 0.176. The molecule has 1 aromatic carbocycles. The highest BCUT2D eigenvalue weighted by atomic mass is 16.5. The van der Waals surface area contributed by atoms with Crippen molar-refractivity contribution in [1.29, 1.82) is 0 Å². The molecule has 2 aromatic heterocycles. The van der Waals surface area contributed by atoms with E-state index in [0.29, 0.717) is 23.0 Å². The van der Waals surface area contributed by atoms with Crippen LogP contribution in [0.2, 0.25) is 0 Å². The average Bonchev–Trinajstić information content (AvgIpc) is 3.15. The summed E-state index contributed by atoms with van der Waals surface area (Å²) in [7, 11) is 0. The van der Waals surface area contributed by atoms with Gasteiger partial charge in [0.15, 0.2) is 12.3 Å². The van der Waals surface area contributed by atoms with Crippen LogP contribution in [0.3, 0.4) is 0 Å². The van der Waals surface area contributed by atoms with Gasteiger partial charge in [-0.2, -0.15) is 5.10 Å². The second-order valence-corrected chi connectivity index (χ2v) is 5.10. The van der Waals surface area contributed by atoms with E-state index in [9.17, 15) is 14.4 Å². The predicted molar refractivity (Wildman–Crippen MR) is 87.1 cm³/mol. The van der Waals surface area contributed by atoms with Crippen LogP contribution in [0.1, 0.15) is 27.9 Å². The lowest BCUT2D eigenvalue weighted by molar-refractivity contribution is 0.0467. The number of hydrogen-bond donors (Lipinski definition) is 1. The van der Waals surface area contributed by atoms with Crippen LogP contribution in [0.5, 0.6) is 0 Å². The second-order valence-electron chi connectivity index (χ2n) is 5.10. The molecule has 2 heterocycles. The largest absolute Gasteiger partial charge is 0.452 e. The first-order valence-corrected chi connectivity index (χ1v) is 7.45. The van der Waals surface area contributed by atoms with Crippen LogP contribution >= 0.6 is 0 Å². The molecule has 0 unspecified atom stereocenters. The Labute approximate surface area is 136 Å². The van der Waals surface area contributed by atoms with Gasteiger partial charge in [-0.1, -0.05) is 18.2 Å². The maximum Gasteiger partial charge on any atom is 0.359 e. The number of aryl methyl sites for hydroxylation is 1. The fourth-order valence-corrected chi connectivity index (χ4v) is 2.38. The lowest BCUT2D eigenvalue weighted by Gasteiger charge is -2.09. The van der Waals surface area contributed by atoms with Gasteiger partial charge >= 0.3 is 5.97 Å². The number of ether oxygens (including phenoxy) is 1. The van der Waals surface area contributed by atoms with E-state index in [1.807, 2.05) is 0 Å². The zero-order chi connectivity index (χ0) is 17.1. The van der Waals surface area contributed by atoms with E-state index in [-0.39, 0.29) is 17.0 Å². The molecular formula is C17H15N3O4. The number of H-pyrrole nitrogens is 1. The molecular weight excluding hydrogens is 310 g/mol. The van der Waals surface area contributed by atoms with Crippen molar-refractivity contribution in [3.8, 4) is 0 Å². The second kappa shape index (κ2) is 6.49. The first-order valence-electron chi connectivity index (χ1n) is 7.45. The Bertz CT molecular complexity index is 958. The third-order valence-electron chi connectivity index (χ3n) is 3.59. The molecule has 1 N–H and O–H groups in total. The minimum absolute atomic E-state index is 0.0198. The van der Waals surface area contributed by atoms with E-state index >= 15 is 0 Å². The Morgan fingerprint density at radius 2 is 1.92 bits per heavy atom. The molecule has 122 valence electrons. The third-order valence-corrected chi connectivity index (χ3v) is 3.59. The number of benzene rings is 1. The van der Waals surface area contributed by atoms with Gasteiger partial charge in [-0.05, 0) is 25.1 Å². The molecule has 24 heavy (non-hydrogen) atoms. The molecule has 0 radical (unpaired) electrons. The van der Waals surface area contributed by atoms with Gasteiger partial charge in [0.2, 0.25) is 5.78 Å². The molecule has 7 heteroatoms. The van der Waals surface area contributed by atoms with Crippen molar-refractivity contribution in [2.45, 2.75) is 13.5 Å². The molecule has 0 saturated heterocycles. The number of ketones is 1. The standard InChI is InChI=1S/C17H15N3O4/c1-2-20-16(22)12-7-4-3-6-11(12)15(19-20)17(23)24-10-14(21)13-8-5-9-18-13/h3-9,18H,2,10H2,1H3. The molecule has 0 amide bonds. The van der Waals surface area contributed by atoms with Gasteiger partial charge in [0.25, 0.3) is 5.56 Å². The Morgan fingerprint density at radius 1 is 1.17 bits per heavy atom. The van der Waals surface area contributed by atoms with Crippen LogP contribution in [-0.4, -0.2) is 33.1 Å². The van der Waals surface area contributed by atoms with Gasteiger partial charge in [0.05, 0.1) is 11.1 Å². The Kier molecular flexibility index (Phi) is 4.24. The van der Waals surface area contributed by atoms with Crippen molar-refractivity contribution >= 4 is 22.5 Å². The lowest BCUT2D eigenvalue weighted by Crippen LogP contribution is -2.26. The van der Waals surface area contributed by atoms with Crippen molar-refractivity contribution in [2.24, 2.45) is 0 Å². The van der Waals surface area contributed by atoms with E-state index in [1.54, 1.807) is 49.5 Å². The van der Waals surface area contributed by atoms with Crippen molar-refractivity contribution in [2.75, 3.05) is 6.61 Å². The highest BCUT2D eigenvalue weighted by Gasteiger charge is 2.19. The molecule has 0 aliphatic carbocycles. The monoisotopic (exact) mass is 325 g/mol. The summed E-state index contributed by atoms with van der Waals surface area (Å²) in [5, 5.41) is 4.86. The molecule has 0 aliphatic rings. The van der Waals surface area contributed by atoms with E-state index in [1.165, 1.54) is 4.68 Å². The van der Waals surface area contributed by atoms with Crippen LogP contribution in [0.25, 0.3) is 10.8 Å². The van der Waals surface area contributed by atoms with Gasteiger partial charge in [-0.3, -0.25) is 9.59 Å². The summed E-state index contributed by atoms with van der Waals surface area (Å²) in [6.45, 7) is 1.68. The maximum atomic E-state index is 12.3. The molecule has 3 aromatic rings. The molecule has 0 bridgehead atoms.